The van der Waals surface area contributed by atoms with Crippen LogP contribution in [-0.4, -0.2) is 32.3 Å². The summed E-state index contributed by atoms with van der Waals surface area (Å²) >= 11 is 0. The Kier molecular flexibility index (Phi) is 4.61. The van der Waals surface area contributed by atoms with E-state index in [4.69, 9.17) is 4.74 Å². The number of aryl methyl sites for hydroxylation is 1. The molecule has 0 aromatic heterocycles. The molecule has 1 aliphatic heterocycles. The number of ether oxygens (including phenoxy) is 1. The summed E-state index contributed by atoms with van der Waals surface area (Å²) in [5.74, 6) is 0. The van der Waals surface area contributed by atoms with Gasteiger partial charge in [0.15, 0.2) is 0 Å². The summed E-state index contributed by atoms with van der Waals surface area (Å²) < 4.78 is 5.40. The lowest BCUT2D eigenvalue weighted by Crippen LogP contribution is -2.36. The Morgan fingerprint density at radius 3 is 2.61 bits per heavy atom. The van der Waals surface area contributed by atoms with Gasteiger partial charge in [0.25, 0.3) is 0 Å². The number of morpholine rings is 1. The summed E-state index contributed by atoms with van der Waals surface area (Å²) in [6.45, 7) is 11.2. The minimum Gasteiger partial charge on any atom is -0.378 e. The molecule has 0 spiro atoms. The molecule has 0 bridgehead atoms. The van der Waals surface area contributed by atoms with Crippen molar-refractivity contribution in [2.75, 3.05) is 31.2 Å². The van der Waals surface area contributed by atoms with Crippen LogP contribution in [0.3, 0.4) is 0 Å². The molecule has 0 radical (unpaired) electrons. The lowest BCUT2D eigenvalue weighted by Gasteiger charge is -2.30. The van der Waals surface area contributed by atoms with E-state index in [0.717, 1.165) is 32.8 Å². The molecule has 1 aromatic carbocycles. The zero-order valence-electron chi connectivity index (χ0n) is 11.7. The summed E-state index contributed by atoms with van der Waals surface area (Å²) in [6.07, 6.45) is 0. The number of anilines is 1. The molecule has 1 saturated heterocycles. The van der Waals surface area contributed by atoms with Crippen LogP contribution in [0.2, 0.25) is 0 Å². The van der Waals surface area contributed by atoms with Crippen molar-refractivity contribution in [3.05, 3.63) is 29.3 Å². The van der Waals surface area contributed by atoms with Crippen LogP contribution >= 0.6 is 0 Å². The average molecular weight is 248 g/mol. The molecule has 1 heterocycles. The van der Waals surface area contributed by atoms with E-state index in [1.165, 1.54) is 16.8 Å². The number of rotatable bonds is 4. The van der Waals surface area contributed by atoms with Crippen molar-refractivity contribution in [2.24, 2.45) is 0 Å². The molecule has 1 fully saturated rings. The van der Waals surface area contributed by atoms with Gasteiger partial charge in [-0.3, -0.25) is 0 Å². The largest absolute Gasteiger partial charge is 0.378 e. The van der Waals surface area contributed by atoms with Crippen molar-refractivity contribution in [3.8, 4) is 0 Å². The maximum atomic E-state index is 5.40. The average Bonchev–Trinajstić information content (AvgIpc) is 2.37. The van der Waals surface area contributed by atoms with Gasteiger partial charge in [-0.15, -0.1) is 0 Å². The standard InChI is InChI=1S/C15H24N2O/c1-12(2)16-11-14-4-5-15(13(3)10-14)17-6-8-18-9-7-17/h4-5,10,12,16H,6-9,11H2,1-3H3. The topological polar surface area (TPSA) is 24.5 Å². The third-order valence-electron chi connectivity index (χ3n) is 3.33. The van der Waals surface area contributed by atoms with Gasteiger partial charge < -0.3 is 15.0 Å². The Morgan fingerprint density at radius 2 is 2.00 bits per heavy atom. The molecule has 3 nitrogen and oxygen atoms in total. The number of nitrogens with zero attached hydrogens (tertiary/aromatic N) is 1. The van der Waals surface area contributed by atoms with Crippen molar-refractivity contribution in [2.45, 2.75) is 33.4 Å². The zero-order chi connectivity index (χ0) is 13.0. The molecule has 0 atom stereocenters. The highest BCUT2D eigenvalue weighted by atomic mass is 16.5. The predicted octanol–water partition coefficient (Wildman–Crippen LogP) is 2.33. The number of hydrogen-bond donors (Lipinski definition) is 1. The highest BCUT2D eigenvalue weighted by molar-refractivity contribution is 5.54. The van der Waals surface area contributed by atoms with Crippen molar-refractivity contribution in [3.63, 3.8) is 0 Å². The second-order valence-electron chi connectivity index (χ2n) is 5.26. The van der Waals surface area contributed by atoms with E-state index in [-0.39, 0.29) is 0 Å². The van der Waals surface area contributed by atoms with Gasteiger partial charge in [-0.05, 0) is 24.1 Å². The van der Waals surface area contributed by atoms with Crippen molar-refractivity contribution >= 4 is 5.69 Å². The predicted molar refractivity (Wildman–Crippen MR) is 76.2 cm³/mol. The van der Waals surface area contributed by atoms with E-state index in [9.17, 15) is 0 Å². The quantitative estimate of drug-likeness (QED) is 0.885. The molecule has 0 aliphatic carbocycles. The molecule has 1 aliphatic rings. The molecular weight excluding hydrogens is 224 g/mol. The van der Waals surface area contributed by atoms with E-state index < -0.39 is 0 Å². The van der Waals surface area contributed by atoms with Crippen LogP contribution < -0.4 is 10.2 Å². The van der Waals surface area contributed by atoms with Gasteiger partial charge in [-0.1, -0.05) is 26.0 Å². The Bertz CT molecular complexity index is 384. The van der Waals surface area contributed by atoms with Gasteiger partial charge in [0.05, 0.1) is 13.2 Å². The second-order valence-corrected chi connectivity index (χ2v) is 5.26. The first-order valence-corrected chi connectivity index (χ1v) is 6.82. The Labute approximate surface area is 110 Å². The maximum absolute atomic E-state index is 5.40. The number of nitrogens with one attached hydrogen (secondary N) is 1. The molecule has 18 heavy (non-hydrogen) atoms. The Hall–Kier alpha value is -1.06. The third-order valence-corrected chi connectivity index (χ3v) is 3.33. The van der Waals surface area contributed by atoms with E-state index in [2.05, 4.69) is 49.2 Å². The van der Waals surface area contributed by atoms with E-state index >= 15 is 0 Å². The molecule has 0 saturated carbocycles. The fraction of sp³-hybridized carbons (Fsp3) is 0.600. The van der Waals surface area contributed by atoms with Gasteiger partial charge >= 0.3 is 0 Å². The smallest absolute Gasteiger partial charge is 0.0642 e. The molecule has 1 N–H and O–H groups in total. The summed E-state index contributed by atoms with van der Waals surface area (Å²) in [5, 5.41) is 3.45. The molecular formula is C15H24N2O. The SMILES string of the molecule is Cc1cc(CNC(C)C)ccc1N1CCOCC1. The van der Waals surface area contributed by atoms with E-state index in [0.29, 0.717) is 6.04 Å². The minimum atomic E-state index is 0.532. The normalized spacial score (nSPS) is 16.3. The first-order valence-electron chi connectivity index (χ1n) is 6.82. The van der Waals surface area contributed by atoms with Crippen LogP contribution in [-0.2, 0) is 11.3 Å². The number of benzene rings is 1. The van der Waals surface area contributed by atoms with Crippen LogP contribution in [0.15, 0.2) is 18.2 Å². The van der Waals surface area contributed by atoms with Gasteiger partial charge in [0.1, 0.15) is 0 Å². The van der Waals surface area contributed by atoms with Crippen LogP contribution in [0.1, 0.15) is 25.0 Å². The molecule has 1 aromatic rings. The molecule has 2 rings (SSSR count). The Balaban J connectivity index is 2.04. The van der Waals surface area contributed by atoms with Gasteiger partial charge in [0, 0.05) is 31.4 Å². The van der Waals surface area contributed by atoms with Crippen LogP contribution in [0.5, 0.6) is 0 Å². The third kappa shape index (κ3) is 3.47. The Morgan fingerprint density at radius 1 is 1.28 bits per heavy atom. The zero-order valence-corrected chi connectivity index (χ0v) is 11.7. The first-order chi connectivity index (χ1) is 8.66. The summed E-state index contributed by atoms with van der Waals surface area (Å²) in [5.41, 5.74) is 4.07. The number of hydrogen-bond acceptors (Lipinski definition) is 3. The van der Waals surface area contributed by atoms with Crippen LogP contribution in [0, 0.1) is 6.92 Å². The molecule has 0 amide bonds. The van der Waals surface area contributed by atoms with E-state index in [1.54, 1.807) is 0 Å². The second kappa shape index (κ2) is 6.21. The lowest BCUT2D eigenvalue weighted by atomic mass is 10.1. The van der Waals surface area contributed by atoms with Crippen LogP contribution in [0.4, 0.5) is 5.69 Å². The monoisotopic (exact) mass is 248 g/mol. The van der Waals surface area contributed by atoms with Crippen molar-refractivity contribution < 1.29 is 4.74 Å². The van der Waals surface area contributed by atoms with Crippen molar-refractivity contribution in [1.29, 1.82) is 0 Å². The van der Waals surface area contributed by atoms with Crippen LogP contribution in [0.25, 0.3) is 0 Å². The molecule has 3 heteroatoms. The van der Waals surface area contributed by atoms with Gasteiger partial charge in [-0.2, -0.15) is 0 Å². The highest BCUT2D eigenvalue weighted by Crippen LogP contribution is 2.22. The van der Waals surface area contributed by atoms with Crippen molar-refractivity contribution in [1.82, 2.24) is 5.32 Å². The molecule has 0 unspecified atom stereocenters. The summed E-state index contributed by atoms with van der Waals surface area (Å²) in [7, 11) is 0. The first kappa shape index (κ1) is 13.4. The van der Waals surface area contributed by atoms with Gasteiger partial charge in [-0.25, -0.2) is 0 Å². The lowest BCUT2D eigenvalue weighted by molar-refractivity contribution is 0.122. The summed E-state index contributed by atoms with van der Waals surface area (Å²) in [4.78, 5) is 2.42. The summed E-state index contributed by atoms with van der Waals surface area (Å²) in [6, 6.07) is 7.30. The highest BCUT2D eigenvalue weighted by Gasteiger charge is 2.13. The molecule has 100 valence electrons. The fourth-order valence-corrected chi connectivity index (χ4v) is 2.31. The minimum absolute atomic E-state index is 0.532. The maximum Gasteiger partial charge on any atom is 0.0642 e. The van der Waals surface area contributed by atoms with E-state index in [1.807, 2.05) is 0 Å². The van der Waals surface area contributed by atoms with Gasteiger partial charge in [0.2, 0.25) is 0 Å². The fourth-order valence-electron chi connectivity index (χ4n) is 2.31.